The highest BCUT2D eigenvalue weighted by atomic mass is 14.4. The Balaban J connectivity index is 1.40. The van der Waals surface area contributed by atoms with E-state index in [0.717, 1.165) is 35.2 Å². The van der Waals surface area contributed by atoms with Crippen molar-refractivity contribution in [2.75, 3.05) is 0 Å². The lowest BCUT2D eigenvalue weighted by Gasteiger charge is -2.45. The maximum Gasteiger partial charge on any atom is 0.0991 e. The molecule has 24 heavy (non-hydrogen) atoms. The molecule has 0 bridgehead atoms. The zero-order chi connectivity index (χ0) is 16.5. The highest BCUT2D eigenvalue weighted by Gasteiger charge is 2.38. The van der Waals surface area contributed by atoms with Gasteiger partial charge in [-0.1, -0.05) is 25.8 Å². The highest BCUT2D eigenvalue weighted by Crippen LogP contribution is 2.48. The van der Waals surface area contributed by atoms with E-state index in [1.54, 1.807) is 0 Å². The van der Waals surface area contributed by atoms with E-state index in [4.69, 9.17) is 5.26 Å². The van der Waals surface area contributed by atoms with Crippen LogP contribution in [-0.2, 0) is 12.8 Å². The molecule has 0 amide bonds. The summed E-state index contributed by atoms with van der Waals surface area (Å²) >= 11 is 0. The summed E-state index contributed by atoms with van der Waals surface area (Å²) in [5, 5.41) is 9.09. The largest absolute Gasteiger partial charge is 0.192 e. The number of aryl methyl sites for hydroxylation is 1. The number of hydrogen-bond acceptors (Lipinski definition) is 1. The van der Waals surface area contributed by atoms with E-state index < -0.39 is 0 Å². The Bertz CT molecular complexity index is 625. The van der Waals surface area contributed by atoms with Crippen LogP contribution >= 0.6 is 0 Å². The average molecular weight is 322 g/mol. The first-order valence-electron chi connectivity index (χ1n) is 10.3. The second-order valence-corrected chi connectivity index (χ2v) is 8.78. The summed E-state index contributed by atoms with van der Waals surface area (Å²) in [5.74, 6) is 4.98. The van der Waals surface area contributed by atoms with E-state index in [9.17, 15) is 0 Å². The minimum atomic E-state index is 0.834. The molecule has 2 fully saturated rings. The van der Waals surface area contributed by atoms with Gasteiger partial charge in [-0.15, -0.1) is 0 Å². The van der Waals surface area contributed by atoms with Gasteiger partial charge in [0.1, 0.15) is 0 Å². The van der Waals surface area contributed by atoms with Crippen LogP contribution in [0.1, 0.15) is 75.0 Å². The Morgan fingerprint density at radius 3 is 2.46 bits per heavy atom. The Kier molecular flexibility index (Phi) is 4.66. The van der Waals surface area contributed by atoms with Crippen LogP contribution in [0.2, 0.25) is 0 Å². The second-order valence-electron chi connectivity index (χ2n) is 8.78. The topological polar surface area (TPSA) is 23.8 Å². The van der Waals surface area contributed by atoms with E-state index in [0.29, 0.717) is 0 Å². The third-order valence-electron chi connectivity index (χ3n) is 7.61. The molecule has 1 aromatic carbocycles. The lowest BCUT2D eigenvalue weighted by molar-refractivity contribution is 0.0708. The molecule has 0 aromatic heterocycles. The fraction of sp³-hybridized carbons (Fsp3) is 0.696. The standard InChI is InChI=1S/C23H31N/c1-2-16-3-5-20-13-22(9-7-18(20)11-16)23-10-8-19-12-17(15-24)4-6-21(19)14-23/h4,6,12,16,18,20,22-23H,2-3,5,7-11,13-14H2,1H3. The minimum absolute atomic E-state index is 0.834. The van der Waals surface area contributed by atoms with Crippen molar-refractivity contribution in [3.8, 4) is 6.07 Å². The molecule has 3 aliphatic rings. The molecule has 0 heterocycles. The van der Waals surface area contributed by atoms with Crippen LogP contribution in [-0.4, -0.2) is 0 Å². The molecule has 0 N–H and O–H groups in total. The molecule has 5 atom stereocenters. The van der Waals surface area contributed by atoms with Crippen molar-refractivity contribution in [3.05, 3.63) is 34.9 Å². The van der Waals surface area contributed by atoms with Crippen LogP contribution in [0.25, 0.3) is 0 Å². The predicted octanol–water partition coefficient (Wildman–Crippen LogP) is 5.91. The summed E-state index contributed by atoms with van der Waals surface area (Å²) in [6.07, 6.45) is 14.2. The van der Waals surface area contributed by atoms with Crippen molar-refractivity contribution in [1.82, 2.24) is 0 Å². The smallest absolute Gasteiger partial charge is 0.0991 e. The molecule has 1 heteroatoms. The van der Waals surface area contributed by atoms with Gasteiger partial charge in [-0.05, 0) is 104 Å². The van der Waals surface area contributed by atoms with Crippen LogP contribution in [0.3, 0.4) is 0 Å². The first-order chi connectivity index (χ1) is 11.8. The van der Waals surface area contributed by atoms with Gasteiger partial charge in [0, 0.05) is 0 Å². The maximum atomic E-state index is 9.09. The lowest BCUT2D eigenvalue weighted by atomic mass is 9.61. The summed E-state index contributed by atoms with van der Waals surface area (Å²) in [6, 6.07) is 8.68. The van der Waals surface area contributed by atoms with Crippen LogP contribution in [0.4, 0.5) is 0 Å². The fourth-order valence-corrected chi connectivity index (χ4v) is 6.08. The average Bonchev–Trinajstić information content (AvgIpc) is 2.66. The molecule has 5 unspecified atom stereocenters. The number of hydrogen-bond donors (Lipinski definition) is 0. The normalized spacial score (nSPS) is 35.6. The Morgan fingerprint density at radius 2 is 1.67 bits per heavy atom. The Morgan fingerprint density at radius 1 is 0.917 bits per heavy atom. The SMILES string of the molecule is CCC1CCC2CC(C3CCc4cc(C#N)ccc4C3)CCC2C1. The molecule has 3 aliphatic carbocycles. The molecule has 4 rings (SSSR count). The zero-order valence-corrected chi connectivity index (χ0v) is 15.1. The number of nitrogens with zero attached hydrogens (tertiary/aromatic N) is 1. The summed E-state index contributed by atoms with van der Waals surface area (Å²) in [7, 11) is 0. The molecular formula is C23H31N. The van der Waals surface area contributed by atoms with Gasteiger partial charge in [0.2, 0.25) is 0 Å². The number of fused-ring (bicyclic) bond motifs is 2. The number of rotatable bonds is 2. The molecular weight excluding hydrogens is 290 g/mol. The van der Waals surface area contributed by atoms with Crippen LogP contribution in [0.5, 0.6) is 0 Å². The van der Waals surface area contributed by atoms with Gasteiger partial charge < -0.3 is 0 Å². The van der Waals surface area contributed by atoms with Crippen molar-refractivity contribution in [2.24, 2.45) is 29.6 Å². The summed E-state index contributed by atoms with van der Waals surface area (Å²) < 4.78 is 0. The van der Waals surface area contributed by atoms with Gasteiger partial charge in [0.15, 0.2) is 0 Å². The van der Waals surface area contributed by atoms with Crippen molar-refractivity contribution in [3.63, 3.8) is 0 Å². The van der Waals surface area contributed by atoms with Crippen molar-refractivity contribution >= 4 is 0 Å². The predicted molar refractivity (Wildman–Crippen MR) is 98.6 cm³/mol. The lowest BCUT2D eigenvalue weighted by Crippen LogP contribution is -2.35. The quantitative estimate of drug-likeness (QED) is 0.664. The first kappa shape index (κ1) is 16.2. The van der Waals surface area contributed by atoms with Gasteiger partial charge in [0.05, 0.1) is 11.6 Å². The van der Waals surface area contributed by atoms with Gasteiger partial charge >= 0.3 is 0 Å². The molecule has 1 nitrogen and oxygen atoms in total. The van der Waals surface area contributed by atoms with E-state index in [-0.39, 0.29) is 0 Å². The minimum Gasteiger partial charge on any atom is -0.192 e. The third-order valence-corrected chi connectivity index (χ3v) is 7.61. The van der Waals surface area contributed by atoms with Crippen molar-refractivity contribution in [1.29, 1.82) is 5.26 Å². The van der Waals surface area contributed by atoms with E-state index >= 15 is 0 Å². The van der Waals surface area contributed by atoms with Crippen molar-refractivity contribution < 1.29 is 0 Å². The molecule has 1 aromatic rings. The number of nitriles is 1. The molecule has 128 valence electrons. The Labute approximate surface area is 147 Å². The van der Waals surface area contributed by atoms with Gasteiger partial charge in [-0.25, -0.2) is 0 Å². The molecule has 0 radical (unpaired) electrons. The molecule has 2 saturated carbocycles. The van der Waals surface area contributed by atoms with Crippen molar-refractivity contribution in [2.45, 2.75) is 71.1 Å². The summed E-state index contributed by atoms with van der Waals surface area (Å²) in [5.41, 5.74) is 3.81. The van der Waals surface area contributed by atoms with Crippen LogP contribution < -0.4 is 0 Å². The molecule has 0 spiro atoms. The van der Waals surface area contributed by atoms with E-state index in [1.165, 1.54) is 75.3 Å². The second kappa shape index (κ2) is 6.91. The van der Waals surface area contributed by atoms with Gasteiger partial charge in [0.25, 0.3) is 0 Å². The molecule has 0 saturated heterocycles. The van der Waals surface area contributed by atoms with E-state index in [2.05, 4.69) is 25.1 Å². The highest BCUT2D eigenvalue weighted by molar-refractivity contribution is 5.39. The van der Waals surface area contributed by atoms with Gasteiger partial charge in [-0.2, -0.15) is 5.26 Å². The maximum absolute atomic E-state index is 9.09. The molecule has 0 aliphatic heterocycles. The number of benzene rings is 1. The van der Waals surface area contributed by atoms with Crippen LogP contribution in [0.15, 0.2) is 18.2 Å². The summed E-state index contributed by atoms with van der Waals surface area (Å²) in [4.78, 5) is 0. The first-order valence-corrected chi connectivity index (χ1v) is 10.3. The van der Waals surface area contributed by atoms with Crippen LogP contribution in [0, 0.1) is 40.9 Å². The summed E-state index contributed by atoms with van der Waals surface area (Å²) in [6.45, 7) is 2.38. The third kappa shape index (κ3) is 3.13. The fourth-order valence-electron chi connectivity index (χ4n) is 6.08. The van der Waals surface area contributed by atoms with Gasteiger partial charge in [-0.3, -0.25) is 0 Å². The zero-order valence-electron chi connectivity index (χ0n) is 15.1. The van der Waals surface area contributed by atoms with E-state index in [1.807, 2.05) is 6.07 Å². The monoisotopic (exact) mass is 321 g/mol. The Hall–Kier alpha value is -1.29.